The van der Waals surface area contributed by atoms with Gasteiger partial charge in [-0.15, -0.1) is 0 Å². The fraction of sp³-hybridized carbons (Fsp3) is 0.259. The third kappa shape index (κ3) is 4.74. The minimum atomic E-state index is -0.0894. The molecule has 168 valence electrons. The molecule has 1 saturated carbocycles. The van der Waals surface area contributed by atoms with Crippen LogP contribution in [0.2, 0.25) is 5.02 Å². The van der Waals surface area contributed by atoms with E-state index >= 15 is 0 Å². The highest BCUT2D eigenvalue weighted by Crippen LogP contribution is 2.33. The van der Waals surface area contributed by atoms with Crippen LogP contribution >= 0.6 is 11.6 Å². The molecule has 0 unspecified atom stereocenters. The molecule has 1 aliphatic rings. The van der Waals surface area contributed by atoms with Gasteiger partial charge in [-0.25, -0.2) is 4.98 Å². The van der Waals surface area contributed by atoms with Crippen LogP contribution in [-0.2, 0) is 19.6 Å². The van der Waals surface area contributed by atoms with E-state index in [1.54, 1.807) is 25.3 Å². The Hall–Kier alpha value is -3.31. The molecule has 4 aromatic rings. The molecule has 5 rings (SSSR count). The first kappa shape index (κ1) is 21.5. The molecule has 1 aromatic heterocycles. The minimum absolute atomic E-state index is 0.0894. The van der Waals surface area contributed by atoms with Gasteiger partial charge in [-0.05, 0) is 54.7 Å². The summed E-state index contributed by atoms with van der Waals surface area (Å²) in [6.45, 7) is 1.84. The SMILES string of the molecule is COc1ccc(C(=O)N(Cc2ccccc2)Cc2nc3ccccc3n2CC2CC2)cc1Cl. The Morgan fingerprint density at radius 2 is 1.82 bits per heavy atom. The topological polar surface area (TPSA) is 47.4 Å². The van der Waals surface area contributed by atoms with Gasteiger partial charge in [0.1, 0.15) is 11.6 Å². The molecule has 33 heavy (non-hydrogen) atoms. The molecule has 1 aliphatic carbocycles. The van der Waals surface area contributed by atoms with Crippen molar-refractivity contribution in [3.8, 4) is 5.75 Å². The van der Waals surface area contributed by atoms with Gasteiger partial charge in [-0.2, -0.15) is 0 Å². The Kier molecular flexibility index (Phi) is 6.05. The number of nitrogens with zero attached hydrogens (tertiary/aromatic N) is 3. The number of amides is 1. The monoisotopic (exact) mass is 459 g/mol. The Morgan fingerprint density at radius 1 is 1.06 bits per heavy atom. The molecule has 1 fully saturated rings. The number of fused-ring (bicyclic) bond motifs is 1. The lowest BCUT2D eigenvalue weighted by Gasteiger charge is -2.24. The zero-order valence-corrected chi connectivity index (χ0v) is 19.3. The lowest BCUT2D eigenvalue weighted by Crippen LogP contribution is -2.31. The van der Waals surface area contributed by atoms with Crippen molar-refractivity contribution in [3.63, 3.8) is 0 Å². The molecule has 3 aromatic carbocycles. The Balaban J connectivity index is 1.51. The average molecular weight is 460 g/mol. The summed E-state index contributed by atoms with van der Waals surface area (Å²) in [7, 11) is 1.56. The summed E-state index contributed by atoms with van der Waals surface area (Å²) in [5, 5.41) is 0.420. The van der Waals surface area contributed by atoms with Gasteiger partial charge in [0.25, 0.3) is 5.91 Å². The summed E-state index contributed by atoms with van der Waals surface area (Å²) in [5.74, 6) is 2.06. The average Bonchev–Trinajstić information content (AvgIpc) is 3.60. The van der Waals surface area contributed by atoms with Crippen LogP contribution in [-0.4, -0.2) is 27.5 Å². The smallest absolute Gasteiger partial charge is 0.254 e. The number of benzene rings is 3. The molecule has 0 saturated heterocycles. The molecular weight excluding hydrogens is 434 g/mol. The van der Waals surface area contributed by atoms with Crippen LogP contribution in [0.5, 0.6) is 5.75 Å². The first-order valence-corrected chi connectivity index (χ1v) is 11.6. The van der Waals surface area contributed by atoms with E-state index in [1.165, 1.54) is 12.8 Å². The number of halogens is 1. The number of methoxy groups -OCH3 is 1. The van der Waals surface area contributed by atoms with Gasteiger partial charge in [0, 0.05) is 18.7 Å². The number of aromatic nitrogens is 2. The standard InChI is InChI=1S/C27H26ClN3O2/c1-33-25-14-13-21(15-22(25)28)27(32)30(16-19-7-3-2-4-8-19)18-26-29-23-9-5-6-10-24(23)31(26)17-20-11-12-20/h2-10,13-15,20H,11-12,16-18H2,1H3. The molecule has 6 heteroatoms. The second kappa shape index (κ2) is 9.28. The fourth-order valence-corrected chi connectivity index (χ4v) is 4.42. The quantitative estimate of drug-likeness (QED) is 0.327. The molecule has 0 bridgehead atoms. The van der Waals surface area contributed by atoms with Crippen LogP contribution in [0.15, 0.2) is 72.8 Å². The van der Waals surface area contributed by atoms with E-state index in [9.17, 15) is 4.79 Å². The zero-order chi connectivity index (χ0) is 22.8. The van der Waals surface area contributed by atoms with Crippen LogP contribution in [0.4, 0.5) is 0 Å². The van der Waals surface area contributed by atoms with Gasteiger partial charge in [0.2, 0.25) is 0 Å². The molecule has 0 radical (unpaired) electrons. The predicted octanol–water partition coefficient (Wildman–Crippen LogP) is 5.95. The lowest BCUT2D eigenvalue weighted by atomic mass is 10.1. The van der Waals surface area contributed by atoms with Crippen molar-refractivity contribution in [2.24, 2.45) is 5.92 Å². The third-order valence-electron chi connectivity index (χ3n) is 6.11. The molecule has 0 spiro atoms. The molecule has 1 amide bonds. The highest BCUT2D eigenvalue weighted by atomic mass is 35.5. The molecule has 0 aliphatic heterocycles. The van der Waals surface area contributed by atoms with Gasteiger partial charge in [-0.3, -0.25) is 4.79 Å². The van der Waals surface area contributed by atoms with E-state index in [2.05, 4.69) is 10.6 Å². The maximum absolute atomic E-state index is 13.7. The summed E-state index contributed by atoms with van der Waals surface area (Å²) in [4.78, 5) is 20.4. The number of carbonyl (C=O) groups is 1. The van der Waals surface area contributed by atoms with Crippen molar-refractivity contribution in [1.29, 1.82) is 0 Å². The summed E-state index contributed by atoms with van der Waals surface area (Å²) in [5.41, 5.74) is 3.68. The Bertz CT molecular complexity index is 1280. The van der Waals surface area contributed by atoms with Gasteiger partial charge in [-0.1, -0.05) is 54.1 Å². The molecule has 0 atom stereocenters. The van der Waals surface area contributed by atoms with Gasteiger partial charge < -0.3 is 14.2 Å². The largest absolute Gasteiger partial charge is 0.495 e. The number of hydrogen-bond donors (Lipinski definition) is 0. The van der Waals surface area contributed by atoms with E-state index in [4.69, 9.17) is 21.3 Å². The normalized spacial score (nSPS) is 13.3. The maximum atomic E-state index is 13.7. The second-order valence-electron chi connectivity index (χ2n) is 8.57. The number of rotatable bonds is 8. The van der Waals surface area contributed by atoms with Crippen LogP contribution in [0.25, 0.3) is 11.0 Å². The van der Waals surface area contributed by atoms with E-state index < -0.39 is 0 Å². The molecule has 5 nitrogen and oxygen atoms in total. The fourth-order valence-electron chi connectivity index (χ4n) is 4.16. The van der Waals surface area contributed by atoms with Crippen molar-refractivity contribution in [1.82, 2.24) is 14.5 Å². The lowest BCUT2D eigenvalue weighted by molar-refractivity contribution is 0.0723. The number of carbonyl (C=O) groups excluding carboxylic acids is 1. The molecule has 0 N–H and O–H groups in total. The predicted molar refractivity (Wildman–Crippen MR) is 130 cm³/mol. The Morgan fingerprint density at radius 3 is 2.55 bits per heavy atom. The van der Waals surface area contributed by atoms with Crippen LogP contribution in [0.1, 0.15) is 34.6 Å². The van der Waals surface area contributed by atoms with E-state index in [1.807, 2.05) is 53.4 Å². The van der Waals surface area contributed by atoms with Crippen LogP contribution in [0, 0.1) is 5.92 Å². The van der Waals surface area contributed by atoms with Crippen LogP contribution in [0.3, 0.4) is 0 Å². The van der Waals surface area contributed by atoms with E-state index in [0.717, 1.165) is 29.0 Å². The van der Waals surface area contributed by atoms with Crippen molar-refractivity contribution < 1.29 is 9.53 Å². The second-order valence-corrected chi connectivity index (χ2v) is 8.97. The van der Waals surface area contributed by atoms with Crippen LogP contribution < -0.4 is 4.74 Å². The number of ether oxygens (including phenoxy) is 1. The molecular formula is C27H26ClN3O2. The summed E-state index contributed by atoms with van der Waals surface area (Å²) < 4.78 is 7.54. The first-order valence-electron chi connectivity index (χ1n) is 11.2. The number of hydrogen-bond acceptors (Lipinski definition) is 3. The van der Waals surface area contributed by atoms with E-state index in [0.29, 0.717) is 35.3 Å². The first-order chi connectivity index (χ1) is 16.1. The summed E-state index contributed by atoms with van der Waals surface area (Å²) in [6, 6.07) is 23.4. The zero-order valence-electron chi connectivity index (χ0n) is 18.6. The third-order valence-corrected chi connectivity index (χ3v) is 6.40. The maximum Gasteiger partial charge on any atom is 0.254 e. The highest BCUT2D eigenvalue weighted by molar-refractivity contribution is 6.32. The van der Waals surface area contributed by atoms with Crippen molar-refractivity contribution in [3.05, 3.63) is 94.8 Å². The van der Waals surface area contributed by atoms with Crippen molar-refractivity contribution >= 4 is 28.5 Å². The highest BCUT2D eigenvalue weighted by Gasteiger charge is 2.26. The van der Waals surface area contributed by atoms with Gasteiger partial charge in [0.15, 0.2) is 0 Å². The summed E-state index contributed by atoms with van der Waals surface area (Å²) in [6.07, 6.45) is 2.51. The Labute approximate surface area is 198 Å². The van der Waals surface area contributed by atoms with E-state index in [-0.39, 0.29) is 5.91 Å². The van der Waals surface area contributed by atoms with Gasteiger partial charge >= 0.3 is 0 Å². The minimum Gasteiger partial charge on any atom is -0.495 e. The molecule has 1 heterocycles. The number of imidazole rings is 1. The van der Waals surface area contributed by atoms with Gasteiger partial charge in [0.05, 0.1) is 29.7 Å². The summed E-state index contributed by atoms with van der Waals surface area (Å²) >= 11 is 6.33. The van der Waals surface area contributed by atoms with Crippen molar-refractivity contribution in [2.45, 2.75) is 32.5 Å². The number of para-hydroxylation sites is 2. The van der Waals surface area contributed by atoms with Crippen molar-refractivity contribution in [2.75, 3.05) is 7.11 Å².